The van der Waals surface area contributed by atoms with Crippen molar-refractivity contribution in [1.82, 2.24) is 5.32 Å². The van der Waals surface area contributed by atoms with E-state index in [-0.39, 0.29) is 0 Å². The molecule has 0 aromatic carbocycles. The standard InChI is InChI=1S/C9H13Br2NOS/c1-12-3-5-13-4-2-7-6-8(10)14-9(7)11/h6,12H,2-5H2,1H3. The molecule has 1 aromatic rings. The van der Waals surface area contributed by atoms with Crippen molar-refractivity contribution in [2.24, 2.45) is 0 Å². The molecule has 1 heterocycles. The number of rotatable bonds is 6. The van der Waals surface area contributed by atoms with Crippen LogP contribution in [0.2, 0.25) is 0 Å². The lowest BCUT2D eigenvalue weighted by Crippen LogP contribution is -2.15. The van der Waals surface area contributed by atoms with Crippen LogP contribution in [0.3, 0.4) is 0 Å². The molecule has 0 aliphatic heterocycles. The Morgan fingerprint density at radius 3 is 2.79 bits per heavy atom. The van der Waals surface area contributed by atoms with E-state index in [1.807, 2.05) is 7.05 Å². The highest BCUT2D eigenvalue weighted by atomic mass is 79.9. The molecule has 80 valence electrons. The molecule has 2 nitrogen and oxygen atoms in total. The van der Waals surface area contributed by atoms with Gasteiger partial charge >= 0.3 is 0 Å². The second-order valence-electron chi connectivity index (χ2n) is 2.82. The Hall–Kier alpha value is 0.580. The predicted molar refractivity (Wildman–Crippen MR) is 68.2 cm³/mol. The number of nitrogens with one attached hydrogen (secondary N) is 1. The smallest absolute Gasteiger partial charge is 0.0743 e. The van der Waals surface area contributed by atoms with Crippen LogP contribution >= 0.6 is 43.2 Å². The maximum absolute atomic E-state index is 5.45. The van der Waals surface area contributed by atoms with Crippen molar-refractivity contribution in [2.75, 3.05) is 26.8 Å². The highest BCUT2D eigenvalue weighted by Crippen LogP contribution is 2.31. The molecular weight excluding hydrogens is 330 g/mol. The summed E-state index contributed by atoms with van der Waals surface area (Å²) in [7, 11) is 1.93. The van der Waals surface area contributed by atoms with Gasteiger partial charge in [0, 0.05) is 6.54 Å². The van der Waals surface area contributed by atoms with Gasteiger partial charge in [-0.3, -0.25) is 0 Å². The van der Waals surface area contributed by atoms with E-state index in [9.17, 15) is 0 Å². The van der Waals surface area contributed by atoms with Gasteiger partial charge in [0.25, 0.3) is 0 Å². The quantitative estimate of drug-likeness (QED) is 0.802. The molecule has 1 N–H and O–H groups in total. The Balaban J connectivity index is 2.21. The zero-order valence-electron chi connectivity index (χ0n) is 7.98. The second-order valence-corrected chi connectivity index (χ2v) is 6.56. The number of hydrogen-bond donors (Lipinski definition) is 1. The Morgan fingerprint density at radius 1 is 1.43 bits per heavy atom. The molecule has 0 spiro atoms. The largest absolute Gasteiger partial charge is 0.380 e. The fourth-order valence-electron chi connectivity index (χ4n) is 1.00. The Morgan fingerprint density at radius 2 is 2.21 bits per heavy atom. The van der Waals surface area contributed by atoms with Gasteiger partial charge in [0.1, 0.15) is 0 Å². The zero-order chi connectivity index (χ0) is 10.4. The molecule has 0 amide bonds. The summed E-state index contributed by atoms with van der Waals surface area (Å²) in [6.45, 7) is 2.47. The molecule has 1 aromatic heterocycles. The highest BCUT2D eigenvalue weighted by Gasteiger charge is 2.04. The van der Waals surface area contributed by atoms with Gasteiger partial charge in [0.2, 0.25) is 0 Å². The summed E-state index contributed by atoms with van der Waals surface area (Å²) in [5.41, 5.74) is 1.31. The fraction of sp³-hybridized carbons (Fsp3) is 0.556. The van der Waals surface area contributed by atoms with Gasteiger partial charge in [0.15, 0.2) is 0 Å². The third kappa shape index (κ3) is 4.40. The van der Waals surface area contributed by atoms with E-state index in [0.717, 1.165) is 30.0 Å². The van der Waals surface area contributed by atoms with E-state index in [1.165, 1.54) is 9.35 Å². The van der Waals surface area contributed by atoms with E-state index in [4.69, 9.17) is 4.74 Å². The van der Waals surface area contributed by atoms with Crippen LogP contribution in [0.1, 0.15) is 5.56 Å². The topological polar surface area (TPSA) is 21.3 Å². The molecular formula is C9H13Br2NOS. The van der Waals surface area contributed by atoms with Crippen molar-refractivity contribution in [2.45, 2.75) is 6.42 Å². The van der Waals surface area contributed by atoms with Crippen molar-refractivity contribution in [1.29, 1.82) is 0 Å². The van der Waals surface area contributed by atoms with E-state index in [2.05, 4.69) is 43.2 Å². The molecule has 0 saturated heterocycles. The molecule has 0 bridgehead atoms. The van der Waals surface area contributed by atoms with Crippen molar-refractivity contribution < 1.29 is 4.74 Å². The van der Waals surface area contributed by atoms with E-state index < -0.39 is 0 Å². The zero-order valence-corrected chi connectivity index (χ0v) is 12.0. The van der Waals surface area contributed by atoms with Crippen molar-refractivity contribution >= 4 is 43.2 Å². The van der Waals surface area contributed by atoms with Crippen LogP contribution in [0.15, 0.2) is 13.6 Å². The van der Waals surface area contributed by atoms with E-state index >= 15 is 0 Å². The normalized spacial score (nSPS) is 10.8. The molecule has 0 atom stereocenters. The third-order valence-electron chi connectivity index (χ3n) is 1.74. The molecule has 0 fully saturated rings. The second kappa shape index (κ2) is 6.95. The fourth-order valence-corrected chi connectivity index (χ4v) is 3.92. The highest BCUT2D eigenvalue weighted by molar-refractivity contribution is 9.12. The first-order chi connectivity index (χ1) is 6.74. The average Bonchev–Trinajstić information content (AvgIpc) is 2.45. The van der Waals surface area contributed by atoms with Gasteiger partial charge in [0.05, 0.1) is 20.8 Å². The third-order valence-corrected chi connectivity index (χ3v) is 4.20. The summed E-state index contributed by atoms with van der Waals surface area (Å²) in [6, 6.07) is 2.14. The van der Waals surface area contributed by atoms with Crippen LogP contribution in [0.4, 0.5) is 0 Å². The van der Waals surface area contributed by atoms with Gasteiger partial charge in [-0.05, 0) is 57.0 Å². The molecule has 0 radical (unpaired) electrons. The summed E-state index contributed by atoms with van der Waals surface area (Å²) in [5.74, 6) is 0. The van der Waals surface area contributed by atoms with Crippen LogP contribution in [-0.2, 0) is 11.2 Å². The lowest BCUT2D eigenvalue weighted by Gasteiger charge is -2.02. The molecule has 0 saturated carbocycles. The predicted octanol–water partition coefficient (Wildman–Crippen LogP) is 3.05. The van der Waals surface area contributed by atoms with Gasteiger partial charge in [-0.2, -0.15) is 0 Å². The van der Waals surface area contributed by atoms with Gasteiger partial charge in [-0.25, -0.2) is 0 Å². The van der Waals surface area contributed by atoms with Gasteiger partial charge < -0.3 is 10.1 Å². The summed E-state index contributed by atoms with van der Waals surface area (Å²) < 4.78 is 7.81. The average molecular weight is 343 g/mol. The lowest BCUT2D eigenvalue weighted by atomic mass is 10.3. The van der Waals surface area contributed by atoms with Gasteiger partial charge in [-0.15, -0.1) is 11.3 Å². The number of ether oxygens (including phenoxy) is 1. The minimum absolute atomic E-state index is 0.777. The molecule has 0 aliphatic rings. The Kier molecular flexibility index (Phi) is 6.28. The lowest BCUT2D eigenvalue weighted by molar-refractivity contribution is 0.140. The minimum Gasteiger partial charge on any atom is -0.380 e. The molecule has 1 rings (SSSR count). The van der Waals surface area contributed by atoms with Gasteiger partial charge in [-0.1, -0.05) is 0 Å². The van der Waals surface area contributed by atoms with Crippen LogP contribution in [0.5, 0.6) is 0 Å². The van der Waals surface area contributed by atoms with Crippen LogP contribution < -0.4 is 5.32 Å². The summed E-state index contributed by atoms with van der Waals surface area (Å²) in [5, 5.41) is 3.04. The van der Waals surface area contributed by atoms with E-state index in [1.54, 1.807) is 11.3 Å². The Bertz CT molecular complexity index is 278. The summed E-state index contributed by atoms with van der Waals surface area (Å²) in [4.78, 5) is 0. The monoisotopic (exact) mass is 341 g/mol. The first-order valence-electron chi connectivity index (χ1n) is 4.40. The first-order valence-corrected chi connectivity index (χ1v) is 6.80. The molecule has 0 unspecified atom stereocenters. The van der Waals surface area contributed by atoms with Crippen LogP contribution in [-0.4, -0.2) is 26.8 Å². The van der Waals surface area contributed by atoms with E-state index in [0.29, 0.717) is 0 Å². The summed E-state index contributed by atoms with van der Waals surface area (Å²) >= 11 is 8.68. The van der Waals surface area contributed by atoms with Crippen LogP contribution in [0.25, 0.3) is 0 Å². The molecule has 0 aliphatic carbocycles. The van der Waals surface area contributed by atoms with Crippen molar-refractivity contribution in [3.05, 3.63) is 19.2 Å². The number of hydrogen-bond acceptors (Lipinski definition) is 3. The van der Waals surface area contributed by atoms with Crippen molar-refractivity contribution in [3.63, 3.8) is 0 Å². The maximum Gasteiger partial charge on any atom is 0.0743 e. The summed E-state index contributed by atoms with van der Waals surface area (Å²) in [6.07, 6.45) is 0.965. The maximum atomic E-state index is 5.45. The van der Waals surface area contributed by atoms with Crippen LogP contribution in [0, 0.1) is 0 Å². The number of thiophene rings is 1. The minimum atomic E-state index is 0.777. The molecule has 5 heteroatoms. The Labute approximate surface area is 105 Å². The number of likely N-dealkylation sites (N-methyl/N-ethyl adjacent to an activating group) is 1. The number of halogens is 2. The molecule has 14 heavy (non-hydrogen) atoms. The van der Waals surface area contributed by atoms with Crippen molar-refractivity contribution in [3.8, 4) is 0 Å². The SMILES string of the molecule is CNCCOCCc1cc(Br)sc1Br. The first kappa shape index (κ1) is 12.6.